The summed E-state index contributed by atoms with van der Waals surface area (Å²) in [6, 6.07) is 28.4. The summed E-state index contributed by atoms with van der Waals surface area (Å²) in [4.78, 5) is 0. The molecule has 0 heteroatoms. The quantitative estimate of drug-likeness (QED) is 0.564. The van der Waals surface area contributed by atoms with Crippen LogP contribution in [0.15, 0.2) is 78.9 Å². The fourth-order valence-electron chi connectivity index (χ4n) is 2.90. The topological polar surface area (TPSA) is 0 Å². The average Bonchev–Trinajstić information content (AvgIpc) is 2.61. The molecule has 0 amide bonds. The van der Waals surface area contributed by atoms with Crippen molar-refractivity contribution in [3.05, 3.63) is 95.6 Å². The first-order valence-electron chi connectivity index (χ1n) is 8.08. The van der Waals surface area contributed by atoms with Crippen LogP contribution in [0.25, 0.3) is 11.1 Å². The standard InChI is InChI=1S/C22H22/c1-2-18-14-16-22(20-11-7-4-8-12-20)21(17-18)15-13-19-9-5-3-6-10-19/h3-12,14,16-17H,2,13,15H2,1H3. The van der Waals surface area contributed by atoms with Crippen molar-refractivity contribution < 1.29 is 0 Å². The lowest BCUT2D eigenvalue weighted by Crippen LogP contribution is -1.96. The van der Waals surface area contributed by atoms with Gasteiger partial charge in [-0.1, -0.05) is 85.8 Å². The third kappa shape index (κ3) is 3.46. The SMILES string of the molecule is CCc1ccc(-c2ccccc2)c(CCc2ccccc2)c1. The van der Waals surface area contributed by atoms with Crippen LogP contribution < -0.4 is 0 Å². The molecule has 0 spiro atoms. The predicted molar refractivity (Wildman–Crippen MR) is 95.1 cm³/mol. The Bertz CT molecular complexity index is 712. The summed E-state index contributed by atoms with van der Waals surface area (Å²) >= 11 is 0. The molecule has 0 atom stereocenters. The van der Waals surface area contributed by atoms with Gasteiger partial charge in [0.25, 0.3) is 0 Å². The Labute approximate surface area is 133 Å². The van der Waals surface area contributed by atoms with Gasteiger partial charge in [-0.25, -0.2) is 0 Å². The second-order valence-corrected chi connectivity index (χ2v) is 5.70. The summed E-state index contributed by atoms with van der Waals surface area (Å²) in [5.41, 5.74) is 6.96. The fourth-order valence-corrected chi connectivity index (χ4v) is 2.90. The van der Waals surface area contributed by atoms with Crippen LogP contribution in [0.3, 0.4) is 0 Å². The molecule has 0 radical (unpaired) electrons. The lowest BCUT2D eigenvalue weighted by molar-refractivity contribution is 0.955. The summed E-state index contributed by atoms with van der Waals surface area (Å²) in [5.74, 6) is 0. The van der Waals surface area contributed by atoms with Gasteiger partial charge >= 0.3 is 0 Å². The van der Waals surface area contributed by atoms with Crippen LogP contribution in [0, 0.1) is 0 Å². The van der Waals surface area contributed by atoms with E-state index in [2.05, 4.69) is 85.8 Å². The van der Waals surface area contributed by atoms with Crippen molar-refractivity contribution in [1.29, 1.82) is 0 Å². The zero-order valence-corrected chi connectivity index (χ0v) is 13.1. The van der Waals surface area contributed by atoms with Crippen LogP contribution in [0.4, 0.5) is 0 Å². The molecule has 0 saturated heterocycles. The highest BCUT2D eigenvalue weighted by molar-refractivity contribution is 5.67. The number of aryl methyl sites for hydroxylation is 3. The molecular weight excluding hydrogens is 264 g/mol. The third-order valence-corrected chi connectivity index (χ3v) is 4.19. The van der Waals surface area contributed by atoms with Gasteiger partial charge < -0.3 is 0 Å². The van der Waals surface area contributed by atoms with E-state index in [0.29, 0.717) is 0 Å². The summed E-state index contributed by atoms with van der Waals surface area (Å²) in [5, 5.41) is 0. The van der Waals surface area contributed by atoms with Crippen LogP contribution in [0.2, 0.25) is 0 Å². The van der Waals surface area contributed by atoms with Crippen LogP contribution in [-0.2, 0) is 19.3 Å². The van der Waals surface area contributed by atoms with E-state index in [-0.39, 0.29) is 0 Å². The number of hydrogen-bond acceptors (Lipinski definition) is 0. The lowest BCUT2D eigenvalue weighted by Gasteiger charge is -2.12. The molecule has 0 aliphatic rings. The monoisotopic (exact) mass is 286 g/mol. The Kier molecular flexibility index (Phi) is 4.70. The van der Waals surface area contributed by atoms with Gasteiger partial charge in [-0.05, 0) is 47.1 Å². The van der Waals surface area contributed by atoms with E-state index >= 15 is 0 Å². The molecule has 0 unspecified atom stereocenters. The van der Waals surface area contributed by atoms with Crippen molar-refractivity contribution >= 4 is 0 Å². The molecule has 0 N–H and O–H groups in total. The fraction of sp³-hybridized carbons (Fsp3) is 0.182. The molecule has 3 rings (SSSR count). The summed E-state index contributed by atoms with van der Waals surface area (Å²) in [6.45, 7) is 2.22. The van der Waals surface area contributed by atoms with Crippen molar-refractivity contribution in [3.63, 3.8) is 0 Å². The molecule has 3 aromatic carbocycles. The first-order valence-corrected chi connectivity index (χ1v) is 8.08. The molecule has 22 heavy (non-hydrogen) atoms. The van der Waals surface area contributed by atoms with Crippen LogP contribution >= 0.6 is 0 Å². The van der Waals surface area contributed by atoms with Gasteiger partial charge in [0.1, 0.15) is 0 Å². The summed E-state index contributed by atoms with van der Waals surface area (Å²) in [7, 11) is 0. The Morgan fingerprint density at radius 3 is 2.00 bits per heavy atom. The highest BCUT2D eigenvalue weighted by Gasteiger charge is 2.06. The highest BCUT2D eigenvalue weighted by Crippen LogP contribution is 2.26. The van der Waals surface area contributed by atoms with Crippen molar-refractivity contribution in [2.45, 2.75) is 26.2 Å². The maximum Gasteiger partial charge on any atom is -0.0152 e. The van der Waals surface area contributed by atoms with Crippen LogP contribution in [0.1, 0.15) is 23.6 Å². The molecule has 0 aromatic heterocycles. The van der Waals surface area contributed by atoms with Gasteiger partial charge in [-0.15, -0.1) is 0 Å². The molecule has 0 nitrogen and oxygen atoms in total. The molecular formula is C22H22. The number of hydrogen-bond donors (Lipinski definition) is 0. The molecule has 0 aliphatic heterocycles. The summed E-state index contributed by atoms with van der Waals surface area (Å²) < 4.78 is 0. The molecule has 110 valence electrons. The maximum atomic E-state index is 2.38. The smallest absolute Gasteiger partial charge is 0.0152 e. The van der Waals surface area contributed by atoms with Crippen LogP contribution in [-0.4, -0.2) is 0 Å². The minimum Gasteiger partial charge on any atom is -0.0622 e. The second-order valence-electron chi connectivity index (χ2n) is 5.70. The number of rotatable bonds is 5. The van der Waals surface area contributed by atoms with E-state index < -0.39 is 0 Å². The van der Waals surface area contributed by atoms with Gasteiger partial charge in [0.2, 0.25) is 0 Å². The lowest BCUT2D eigenvalue weighted by atomic mass is 9.93. The van der Waals surface area contributed by atoms with Gasteiger partial charge in [0.15, 0.2) is 0 Å². The van der Waals surface area contributed by atoms with E-state index in [0.717, 1.165) is 19.3 Å². The molecule has 0 heterocycles. The Morgan fingerprint density at radius 1 is 0.636 bits per heavy atom. The van der Waals surface area contributed by atoms with Crippen LogP contribution in [0.5, 0.6) is 0 Å². The third-order valence-electron chi connectivity index (χ3n) is 4.19. The molecule has 0 bridgehead atoms. The van der Waals surface area contributed by atoms with E-state index in [1.165, 1.54) is 27.8 Å². The van der Waals surface area contributed by atoms with Crippen molar-refractivity contribution in [2.24, 2.45) is 0 Å². The maximum absolute atomic E-state index is 2.38. The van der Waals surface area contributed by atoms with E-state index in [1.54, 1.807) is 0 Å². The Hall–Kier alpha value is -2.34. The van der Waals surface area contributed by atoms with Gasteiger partial charge in [-0.2, -0.15) is 0 Å². The highest BCUT2D eigenvalue weighted by atomic mass is 14.1. The first kappa shape index (κ1) is 14.6. The average molecular weight is 286 g/mol. The molecule has 0 saturated carbocycles. The zero-order valence-electron chi connectivity index (χ0n) is 13.1. The molecule has 0 aliphatic carbocycles. The molecule has 0 fully saturated rings. The van der Waals surface area contributed by atoms with Crippen molar-refractivity contribution in [1.82, 2.24) is 0 Å². The van der Waals surface area contributed by atoms with E-state index in [9.17, 15) is 0 Å². The minimum absolute atomic E-state index is 1.09. The van der Waals surface area contributed by atoms with Gasteiger partial charge in [0, 0.05) is 0 Å². The first-order chi connectivity index (χ1) is 10.9. The Morgan fingerprint density at radius 2 is 1.32 bits per heavy atom. The number of benzene rings is 3. The van der Waals surface area contributed by atoms with Gasteiger partial charge in [-0.3, -0.25) is 0 Å². The predicted octanol–water partition coefficient (Wildman–Crippen LogP) is 5.70. The second kappa shape index (κ2) is 7.09. The van der Waals surface area contributed by atoms with E-state index in [1.807, 2.05) is 0 Å². The summed E-state index contributed by atoms with van der Waals surface area (Å²) in [6.07, 6.45) is 3.27. The minimum atomic E-state index is 1.09. The normalized spacial score (nSPS) is 10.6. The Balaban J connectivity index is 1.90. The largest absolute Gasteiger partial charge is 0.0622 e. The van der Waals surface area contributed by atoms with Crippen molar-refractivity contribution in [2.75, 3.05) is 0 Å². The van der Waals surface area contributed by atoms with Gasteiger partial charge in [0.05, 0.1) is 0 Å². The zero-order chi connectivity index (χ0) is 15.2. The van der Waals surface area contributed by atoms with E-state index in [4.69, 9.17) is 0 Å². The van der Waals surface area contributed by atoms with Crippen molar-refractivity contribution in [3.8, 4) is 11.1 Å². The molecule has 3 aromatic rings.